The number of benzene rings is 2. The van der Waals surface area contributed by atoms with E-state index in [2.05, 4.69) is 0 Å². The van der Waals surface area contributed by atoms with Gasteiger partial charge in [0.25, 0.3) is 0 Å². The predicted molar refractivity (Wildman–Crippen MR) is 87.1 cm³/mol. The highest BCUT2D eigenvalue weighted by Gasteiger charge is 2.34. The van der Waals surface area contributed by atoms with Gasteiger partial charge in [0.2, 0.25) is 0 Å². The van der Waals surface area contributed by atoms with Gasteiger partial charge in [-0.25, -0.2) is 0 Å². The summed E-state index contributed by atoms with van der Waals surface area (Å²) in [6.07, 6.45) is 4.90. The van der Waals surface area contributed by atoms with Crippen LogP contribution < -0.4 is 0 Å². The SMILES string of the molecule is O=C1C=CC(c2cccc(Cl)c2)(c2cccc(Cl)c2)CC1. The summed E-state index contributed by atoms with van der Waals surface area (Å²) in [5.41, 5.74) is 1.83. The van der Waals surface area contributed by atoms with Crippen molar-refractivity contribution in [2.45, 2.75) is 18.3 Å². The van der Waals surface area contributed by atoms with Crippen LogP contribution in [-0.4, -0.2) is 5.78 Å². The topological polar surface area (TPSA) is 17.1 Å². The van der Waals surface area contributed by atoms with Gasteiger partial charge in [-0.05, 0) is 47.9 Å². The van der Waals surface area contributed by atoms with Crippen LogP contribution >= 0.6 is 23.2 Å². The van der Waals surface area contributed by atoms with E-state index in [1.54, 1.807) is 6.08 Å². The molecule has 0 N–H and O–H groups in total. The first-order chi connectivity index (χ1) is 10.1. The quantitative estimate of drug-likeness (QED) is 0.744. The molecule has 2 aromatic rings. The second kappa shape index (κ2) is 5.67. The average Bonchev–Trinajstić information content (AvgIpc) is 2.48. The van der Waals surface area contributed by atoms with Crippen molar-refractivity contribution in [1.29, 1.82) is 0 Å². The third kappa shape index (κ3) is 2.76. The molecule has 2 aromatic carbocycles. The molecule has 0 saturated carbocycles. The number of hydrogen-bond donors (Lipinski definition) is 0. The largest absolute Gasteiger partial charge is 0.295 e. The summed E-state index contributed by atoms with van der Waals surface area (Å²) >= 11 is 12.3. The van der Waals surface area contributed by atoms with Crippen LogP contribution in [0.3, 0.4) is 0 Å². The standard InChI is InChI=1S/C18H14Cl2O/c19-15-5-1-3-13(11-15)18(9-7-17(21)8-10-18)14-4-2-6-16(20)12-14/h1-7,9,11-12H,8,10H2. The molecule has 1 nitrogen and oxygen atoms in total. The van der Waals surface area contributed by atoms with E-state index in [1.165, 1.54) is 0 Å². The van der Waals surface area contributed by atoms with Crippen LogP contribution in [0, 0.1) is 0 Å². The Bertz CT molecular complexity index is 673. The summed E-state index contributed by atoms with van der Waals surface area (Å²) in [5.74, 6) is 0.162. The van der Waals surface area contributed by atoms with Crippen molar-refractivity contribution < 1.29 is 4.79 Å². The van der Waals surface area contributed by atoms with Crippen LogP contribution in [-0.2, 0) is 10.2 Å². The summed E-state index contributed by atoms with van der Waals surface area (Å²) < 4.78 is 0. The molecule has 0 spiro atoms. The minimum Gasteiger partial charge on any atom is -0.295 e. The molecule has 3 rings (SSSR count). The van der Waals surface area contributed by atoms with Gasteiger partial charge < -0.3 is 0 Å². The fourth-order valence-corrected chi connectivity index (χ4v) is 3.28. The van der Waals surface area contributed by atoms with Crippen molar-refractivity contribution >= 4 is 29.0 Å². The summed E-state index contributed by atoms with van der Waals surface area (Å²) in [5, 5.41) is 1.39. The molecule has 0 fully saturated rings. The van der Waals surface area contributed by atoms with Crippen LogP contribution in [0.2, 0.25) is 10.0 Å². The maximum atomic E-state index is 11.6. The van der Waals surface area contributed by atoms with E-state index in [0.717, 1.165) is 17.5 Å². The Labute approximate surface area is 134 Å². The highest BCUT2D eigenvalue weighted by atomic mass is 35.5. The van der Waals surface area contributed by atoms with E-state index in [4.69, 9.17) is 23.2 Å². The Balaban J connectivity index is 2.21. The number of rotatable bonds is 2. The van der Waals surface area contributed by atoms with Crippen molar-refractivity contribution in [1.82, 2.24) is 0 Å². The van der Waals surface area contributed by atoms with E-state index >= 15 is 0 Å². The van der Waals surface area contributed by atoms with Crippen LogP contribution in [0.25, 0.3) is 0 Å². The first-order valence-electron chi connectivity index (χ1n) is 6.84. The first-order valence-corrected chi connectivity index (χ1v) is 7.60. The molecule has 1 aliphatic carbocycles. The monoisotopic (exact) mass is 316 g/mol. The fourth-order valence-electron chi connectivity index (χ4n) is 2.90. The minimum atomic E-state index is -0.344. The average molecular weight is 317 g/mol. The van der Waals surface area contributed by atoms with Gasteiger partial charge in [-0.1, -0.05) is 53.5 Å². The number of ketones is 1. The zero-order chi connectivity index (χ0) is 14.9. The Morgan fingerprint density at radius 3 is 1.90 bits per heavy atom. The molecule has 0 bridgehead atoms. The molecule has 21 heavy (non-hydrogen) atoms. The Hall–Kier alpha value is -1.57. The van der Waals surface area contributed by atoms with Gasteiger partial charge in [0.1, 0.15) is 0 Å². The van der Waals surface area contributed by atoms with E-state index in [-0.39, 0.29) is 11.2 Å². The summed E-state index contributed by atoms with van der Waals surface area (Å²) in [4.78, 5) is 11.6. The lowest BCUT2D eigenvalue weighted by Gasteiger charge is -2.34. The molecule has 1 aliphatic rings. The lowest BCUT2D eigenvalue weighted by Crippen LogP contribution is -2.29. The molecule has 0 radical (unpaired) electrons. The second-order valence-electron chi connectivity index (χ2n) is 5.29. The van der Waals surface area contributed by atoms with Gasteiger partial charge >= 0.3 is 0 Å². The van der Waals surface area contributed by atoms with E-state index in [9.17, 15) is 4.79 Å². The van der Waals surface area contributed by atoms with Gasteiger partial charge in [0, 0.05) is 21.9 Å². The predicted octanol–water partition coefficient (Wildman–Crippen LogP) is 5.20. The van der Waals surface area contributed by atoms with E-state index < -0.39 is 0 Å². The second-order valence-corrected chi connectivity index (χ2v) is 6.16. The summed E-state index contributed by atoms with van der Waals surface area (Å²) in [6.45, 7) is 0. The molecule has 0 heterocycles. The highest BCUT2D eigenvalue weighted by molar-refractivity contribution is 6.31. The summed E-state index contributed by atoms with van der Waals surface area (Å²) in [7, 11) is 0. The van der Waals surface area contributed by atoms with E-state index in [1.807, 2.05) is 54.6 Å². The number of allylic oxidation sites excluding steroid dienone is 2. The van der Waals surface area contributed by atoms with Gasteiger partial charge in [0.15, 0.2) is 5.78 Å². The molecule has 0 saturated heterocycles. The highest BCUT2D eigenvalue weighted by Crippen LogP contribution is 2.41. The van der Waals surface area contributed by atoms with Gasteiger partial charge in [0.05, 0.1) is 0 Å². The molecular formula is C18H14Cl2O. The smallest absolute Gasteiger partial charge is 0.155 e. The van der Waals surface area contributed by atoms with Crippen LogP contribution in [0.5, 0.6) is 0 Å². The van der Waals surface area contributed by atoms with Crippen molar-refractivity contribution in [2.75, 3.05) is 0 Å². The fraction of sp³-hybridized carbons (Fsp3) is 0.167. The van der Waals surface area contributed by atoms with Gasteiger partial charge in [-0.15, -0.1) is 0 Å². The molecule has 0 amide bonds. The lowest BCUT2D eigenvalue weighted by atomic mass is 9.68. The van der Waals surface area contributed by atoms with Crippen LogP contribution in [0.1, 0.15) is 24.0 Å². The third-order valence-electron chi connectivity index (χ3n) is 4.00. The minimum absolute atomic E-state index is 0.162. The Morgan fingerprint density at radius 1 is 0.905 bits per heavy atom. The Kier molecular flexibility index (Phi) is 3.88. The molecular weight excluding hydrogens is 303 g/mol. The molecule has 106 valence electrons. The van der Waals surface area contributed by atoms with Gasteiger partial charge in [-0.2, -0.15) is 0 Å². The molecule has 0 atom stereocenters. The van der Waals surface area contributed by atoms with E-state index in [0.29, 0.717) is 16.5 Å². The van der Waals surface area contributed by atoms with Crippen molar-refractivity contribution in [3.05, 3.63) is 81.9 Å². The lowest BCUT2D eigenvalue weighted by molar-refractivity contribution is -0.115. The number of hydrogen-bond acceptors (Lipinski definition) is 1. The number of carbonyl (C=O) groups excluding carboxylic acids is 1. The zero-order valence-electron chi connectivity index (χ0n) is 11.4. The normalized spacial score (nSPS) is 17.0. The maximum Gasteiger partial charge on any atom is 0.155 e. The molecule has 3 heteroatoms. The van der Waals surface area contributed by atoms with Crippen molar-refractivity contribution in [3.63, 3.8) is 0 Å². The Morgan fingerprint density at radius 2 is 1.48 bits per heavy atom. The number of halogens is 2. The maximum absolute atomic E-state index is 11.6. The van der Waals surface area contributed by atoms with Crippen LogP contribution in [0.4, 0.5) is 0 Å². The number of carbonyl (C=O) groups is 1. The van der Waals surface area contributed by atoms with Crippen molar-refractivity contribution in [3.8, 4) is 0 Å². The first kappa shape index (κ1) is 14.4. The molecule has 0 aromatic heterocycles. The van der Waals surface area contributed by atoms with Gasteiger partial charge in [-0.3, -0.25) is 4.79 Å². The van der Waals surface area contributed by atoms with Crippen molar-refractivity contribution in [2.24, 2.45) is 0 Å². The molecule has 0 unspecified atom stereocenters. The summed E-state index contributed by atoms with van der Waals surface area (Å²) in [6, 6.07) is 15.6. The zero-order valence-corrected chi connectivity index (χ0v) is 12.9. The van der Waals surface area contributed by atoms with Crippen LogP contribution in [0.15, 0.2) is 60.7 Å². The third-order valence-corrected chi connectivity index (χ3v) is 4.47. The molecule has 0 aliphatic heterocycles.